The normalized spacial score (nSPS) is 12.4. The van der Waals surface area contributed by atoms with Crippen molar-refractivity contribution >= 4 is 17.2 Å². The molecule has 0 bridgehead atoms. The van der Waals surface area contributed by atoms with Crippen LogP contribution in [-0.2, 0) is 11.3 Å². The predicted octanol–water partition coefficient (Wildman–Crippen LogP) is 1.35. The largest absolute Gasteiger partial charge is 0.351 e. The van der Waals surface area contributed by atoms with Crippen molar-refractivity contribution < 1.29 is 4.79 Å². The molecule has 0 aromatic carbocycles. The van der Waals surface area contributed by atoms with Crippen LogP contribution in [0.5, 0.6) is 0 Å². The fraction of sp³-hybridized carbons (Fsp3) is 0.500. The standard InChI is InChI=1S/C10H16N2OS/c1-2-8(6-11)10(13)12-7-9-4-3-5-14-9/h3-5,8H,2,6-7,11H2,1H3,(H,12,13). The molecule has 1 atom stereocenters. The Labute approximate surface area is 88.3 Å². The van der Waals surface area contributed by atoms with Crippen molar-refractivity contribution in [3.8, 4) is 0 Å². The summed E-state index contributed by atoms with van der Waals surface area (Å²) >= 11 is 1.65. The van der Waals surface area contributed by atoms with Gasteiger partial charge < -0.3 is 11.1 Å². The van der Waals surface area contributed by atoms with E-state index in [9.17, 15) is 4.79 Å². The van der Waals surface area contributed by atoms with Crippen LogP contribution in [0.25, 0.3) is 0 Å². The zero-order valence-electron chi connectivity index (χ0n) is 8.32. The Bertz CT molecular complexity index is 268. The summed E-state index contributed by atoms with van der Waals surface area (Å²) in [5, 5.41) is 4.88. The molecule has 0 aliphatic carbocycles. The third-order valence-corrected chi connectivity index (χ3v) is 3.04. The van der Waals surface area contributed by atoms with Gasteiger partial charge in [0.1, 0.15) is 0 Å². The fourth-order valence-corrected chi connectivity index (χ4v) is 1.84. The summed E-state index contributed by atoms with van der Waals surface area (Å²) in [6.45, 7) is 3.02. The van der Waals surface area contributed by atoms with Crippen LogP contribution in [0.15, 0.2) is 17.5 Å². The molecule has 78 valence electrons. The van der Waals surface area contributed by atoms with E-state index in [1.54, 1.807) is 11.3 Å². The van der Waals surface area contributed by atoms with Crippen LogP contribution in [0.2, 0.25) is 0 Å². The van der Waals surface area contributed by atoms with E-state index >= 15 is 0 Å². The molecule has 0 radical (unpaired) electrons. The van der Waals surface area contributed by atoms with E-state index in [2.05, 4.69) is 5.32 Å². The van der Waals surface area contributed by atoms with Gasteiger partial charge in [0.05, 0.1) is 6.54 Å². The van der Waals surface area contributed by atoms with E-state index in [1.807, 2.05) is 24.4 Å². The summed E-state index contributed by atoms with van der Waals surface area (Å²) in [4.78, 5) is 12.7. The summed E-state index contributed by atoms with van der Waals surface area (Å²) in [7, 11) is 0. The van der Waals surface area contributed by atoms with Gasteiger partial charge in [0.15, 0.2) is 0 Å². The lowest BCUT2D eigenvalue weighted by Crippen LogP contribution is -2.34. The summed E-state index contributed by atoms with van der Waals surface area (Å²) in [5.74, 6) is 0.0124. The van der Waals surface area contributed by atoms with E-state index in [0.29, 0.717) is 13.1 Å². The number of carbonyl (C=O) groups excluding carboxylic acids is 1. The average Bonchev–Trinajstić information content (AvgIpc) is 2.69. The van der Waals surface area contributed by atoms with Crippen LogP contribution in [0.3, 0.4) is 0 Å². The molecule has 0 spiro atoms. The Morgan fingerprint density at radius 3 is 3.00 bits per heavy atom. The van der Waals surface area contributed by atoms with E-state index in [4.69, 9.17) is 5.73 Å². The number of carbonyl (C=O) groups is 1. The lowest BCUT2D eigenvalue weighted by molar-refractivity contribution is -0.124. The zero-order chi connectivity index (χ0) is 10.4. The first-order valence-electron chi connectivity index (χ1n) is 4.78. The monoisotopic (exact) mass is 212 g/mol. The highest BCUT2D eigenvalue weighted by Crippen LogP contribution is 2.08. The van der Waals surface area contributed by atoms with E-state index < -0.39 is 0 Å². The fourth-order valence-electron chi connectivity index (χ4n) is 1.19. The molecular weight excluding hydrogens is 196 g/mol. The number of thiophene rings is 1. The molecule has 1 aromatic heterocycles. The van der Waals surface area contributed by atoms with Crippen LogP contribution in [0.4, 0.5) is 0 Å². The first-order valence-corrected chi connectivity index (χ1v) is 5.66. The van der Waals surface area contributed by atoms with E-state index in [1.165, 1.54) is 4.88 Å². The van der Waals surface area contributed by atoms with Crippen LogP contribution >= 0.6 is 11.3 Å². The van der Waals surface area contributed by atoms with Gasteiger partial charge in [0.2, 0.25) is 5.91 Å². The number of rotatable bonds is 5. The highest BCUT2D eigenvalue weighted by Gasteiger charge is 2.13. The number of nitrogens with one attached hydrogen (secondary N) is 1. The van der Waals surface area contributed by atoms with E-state index in [0.717, 1.165) is 6.42 Å². The molecule has 3 N–H and O–H groups in total. The molecule has 1 heterocycles. The summed E-state index contributed by atoms with van der Waals surface area (Å²) in [6.07, 6.45) is 0.798. The topological polar surface area (TPSA) is 55.1 Å². The second kappa shape index (κ2) is 5.78. The van der Waals surface area contributed by atoms with Gasteiger partial charge in [-0.3, -0.25) is 4.79 Å². The van der Waals surface area contributed by atoms with Crippen molar-refractivity contribution in [2.24, 2.45) is 11.7 Å². The van der Waals surface area contributed by atoms with Gasteiger partial charge in [-0.15, -0.1) is 11.3 Å². The Morgan fingerprint density at radius 2 is 2.50 bits per heavy atom. The first kappa shape index (κ1) is 11.2. The van der Waals surface area contributed by atoms with Gasteiger partial charge in [-0.2, -0.15) is 0 Å². The van der Waals surface area contributed by atoms with Crippen molar-refractivity contribution in [2.45, 2.75) is 19.9 Å². The molecule has 3 nitrogen and oxygen atoms in total. The first-order chi connectivity index (χ1) is 6.77. The molecule has 1 amide bonds. The van der Waals surface area contributed by atoms with Crippen molar-refractivity contribution in [1.29, 1.82) is 0 Å². The Balaban J connectivity index is 2.34. The number of hydrogen-bond acceptors (Lipinski definition) is 3. The Kier molecular flexibility index (Phi) is 4.62. The van der Waals surface area contributed by atoms with Gasteiger partial charge in [0.25, 0.3) is 0 Å². The van der Waals surface area contributed by atoms with Gasteiger partial charge in [-0.25, -0.2) is 0 Å². The SMILES string of the molecule is CCC(CN)C(=O)NCc1cccs1. The quantitative estimate of drug-likeness (QED) is 0.774. The van der Waals surface area contributed by atoms with Gasteiger partial charge in [-0.05, 0) is 17.9 Å². The molecule has 0 aliphatic heterocycles. The highest BCUT2D eigenvalue weighted by atomic mass is 32.1. The highest BCUT2D eigenvalue weighted by molar-refractivity contribution is 7.09. The molecule has 1 aromatic rings. The van der Waals surface area contributed by atoms with Gasteiger partial charge >= 0.3 is 0 Å². The minimum absolute atomic E-state index is 0.0463. The molecular formula is C10H16N2OS. The third kappa shape index (κ3) is 3.12. The van der Waals surface area contributed by atoms with Gasteiger partial charge in [0, 0.05) is 17.3 Å². The van der Waals surface area contributed by atoms with Crippen LogP contribution in [-0.4, -0.2) is 12.5 Å². The summed E-state index contributed by atoms with van der Waals surface area (Å²) < 4.78 is 0. The molecule has 14 heavy (non-hydrogen) atoms. The van der Waals surface area contributed by atoms with Crippen molar-refractivity contribution in [1.82, 2.24) is 5.32 Å². The summed E-state index contributed by atoms with van der Waals surface area (Å²) in [6, 6.07) is 3.99. The Morgan fingerprint density at radius 1 is 1.71 bits per heavy atom. The maximum atomic E-state index is 11.5. The predicted molar refractivity (Wildman–Crippen MR) is 59.0 cm³/mol. The smallest absolute Gasteiger partial charge is 0.224 e. The number of amides is 1. The number of hydrogen-bond donors (Lipinski definition) is 2. The minimum atomic E-state index is -0.0463. The molecule has 4 heteroatoms. The minimum Gasteiger partial charge on any atom is -0.351 e. The van der Waals surface area contributed by atoms with Crippen molar-refractivity contribution in [3.63, 3.8) is 0 Å². The van der Waals surface area contributed by atoms with Crippen molar-refractivity contribution in [3.05, 3.63) is 22.4 Å². The van der Waals surface area contributed by atoms with Crippen LogP contribution < -0.4 is 11.1 Å². The molecule has 1 rings (SSSR count). The maximum absolute atomic E-state index is 11.5. The zero-order valence-corrected chi connectivity index (χ0v) is 9.14. The van der Waals surface area contributed by atoms with Crippen LogP contribution in [0, 0.1) is 5.92 Å². The van der Waals surface area contributed by atoms with Crippen LogP contribution in [0.1, 0.15) is 18.2 Å². The lowest BCUT2D eigenvalue weighted by Gasteiger charge is -2.11. The lowest BCUT2D eigenvalue weighted by atomic mass is 10.1. The maximum Gasteiger partial charge on any atom is 0.224 e. The average molecular weight is 212 g/mol. The second-order valence-corrected chi connectivity index (χ2v) is 4.17. The third-order valence-electron chi connectivity index (χ3n) is 2.17. The molecule has 1 unspecified atom stereocenters. The molecule has 0 saturated heterocycles. The molecule has 0 saturated carbocycles. The Hall–Kier alpha value is -0.870. The van der Waals surface area contributed by atoms with Gasteiger partial charge in [-0.1, -0.05) is 13.0 Å². The molecule has 0 aliphatic rings. The van der Waals surface area contributed by atoms with E-state index in [-0.39, 0.29) is 11.8 Å². The number of nitrogens with two attached hydrogens (primary N) is 1. The molecule has 0 fully saturated rings. The second-order valence-electron chi connectivity index (χ2n) is 3.14. The van der Waals surface area contributed by atoms with Crippen molar-refractivity contribution in [2.75, 3.05) is 6.54 Å². The summed E-state index contributed by atoms with van der Waals surface area (Å²) in [5.41, 5.74) is 5.47.